The van der Waals surface area contributed by atoms with Gasteiger partial charge in [-0.05, 0) is 30.2 Å². The molecule has 0 saturated heterocycles. The van der Waals surface area contributed by atoms with Crippen LogP contribution in [-0.4, -0.2) is 16.1 Å². The number of rotatable bonds is 4. The lowest BCUT2D eigenvalue weighted by molar-refractivity contribution is -0.120. The Morgan fingerprint density at radius 3 is 2.71 bits per heavy atom. The van der Waals surface area contributed by atoms with Gasteiger partial charge in [-0.2, -0.15) is 5.10 Å². The summed E-state index contributed by atoms with van der Waals surface area (Å²) in [7, 11) is 0. The molecule has 0 aliphatic rings. The maximum atomic E-state index is 13.5. The lowest BCUT2D eigenvalue weighted by Gasteiger charge is -2.07. The van der Waals surface area contributed by atoms with Crippen LogP contribution in [0.1, 0.15) is 16.8 Å². The van der Waals surface area contributed by atoms with Crippen LogP contribution in [0, 0.1) is 12.7 Å². The molecule has 24 heavy (non-hydrogen) atoms. The third kappa shape index (κ3) is 3.32. The predicted molar refractivity (Wildman–Crippen MR) is 89.1 cm³/mol. The number of amides is 1. The summed E-state index contributed by atoms with van der Waals surface area (Å²) in [6.07, 6.45) is 0.0334. The van der Waals surface area contributed by atoms with Crippen molar-refractivity contribution in [2.75, 3.05) is 0 Å². The van der Waals surface area contributed by atoms with Crippen LogP contribution in [-0.2, 0) is 17.8 Å². The molecule has 0 bridgehead atoms. The second-order valence-electron chi connectivity index (χ2n) is 5.58. The fraction of sp³-hybridized carbons (Fsp3) is 0.167. The van der Waals surface area contributed by atoms with Crippen molar-refractivity contribution in [2.24, 2.45) is 0 Å². The van der Waals surface area contributed by atoms with Crippen LogP contribution in [0.5, 0.6) is 0 Å². The minimum atomic E-state index is -0.296. The molecule has 0 radical (unpaired) electrons. The first-order valence-corrected chi connectivity index (χ1v) is 7.52. The number of nitrogens with one attached hydrogen (secondary N) is 2. The summed E-state index contributed by atoms with van der Waals surface area (Å²) in [5.74, 6) is -0.546. The molecular formula is C18H16FN3O2. The van der Waals surface area contributed by atoms with E-state index in [-0.39, 0.29) is 30.2 Å². The summed E-state index contributed by atoms with van der Waals surface area (Å²) in [6.45, 7) is 1.92. The first-order valence-electron chi connectivity index (χ1n) is 7.52. The second-order valence-corrected chi connectivity index (χ2v) is 5.58. The molecule has 6 heteroatoms. The van der Waals surface area contributed by atoms with Gasteiger partial charge in [0.15, 0.2) is 0 Å². The Morgan fingerprint density at radius 2 is 1.96 bits per heavy atom. The minimum Gasteiger partial charge on any atom is -0.352 e. The van der Waals surface area contributed by atoms with Crippen molar-refractivity contribution >= 4 is 16.7 Å². The van der Waals surface area contributed by atoms with Crippen molar-refractivity contribution in [2.45, 2.75) is 19.9 Å². The monoisotopic (exact) mass is 325 g/mol. The molecule has 2 N–H and O–H groups in total. The van der Waals surface area contributed by atoms with Crippen molar-refractivity contribution < 1.29 is 9.18 Å². The number of aromatic nitrogens is 2. The van der Waals surface area contributed by atoms with E-state index in [1.165, 1.54) is 6.07 Å². The summed E-state index contributed by atoms with van der Waals surface area (Å²) >= 11 is 0. The molecule has 0 aliphatic carbocycles. The van der Waals surface area contributed by atoms with Gasteiger partial charge in [0.05, 0.1) is 17.5 Å². The molecule has 0 saturated carbocycles. The quantitative estimate of drug-likeness (QED) is 0.772. The van der Waals surface area contributed by atoms with E-state index < -0.39 is 0 Å². The third-order valence-corrected chi connectivity index (χ3v) is 3.83. The Hall–Kier alpha value is -3.02. The Labute approximate surface area is 137 Å². The van der Waals surface area contributed by atoms with Gasteiger partial charge in [0, 0.05) is 11.9 Å². The molecule has 0 atom stereocenters. The van der Waals surface area contributed by atoms with E-state index in [2.05, 4.69) is 15.5 Å². The zero-order valence-corrected chi connectivity index (χ0v) is 13.1. The largest absolute Gasteiger partial charge is 0.352 e. The number of benzene rings is 2. The SMILES string of the molecule is Cc1ccc(CNC(=O)Cc2n[nH]c(=O)c3ccccc23)cc1F. The topological polar surface area (TPSA) is 74.8 Å². The number of carbonyl (C=O) groups excluding carboxylic acids is 1. The molecule has 5 nitrogen and oxygen atoms in total. The molecule has 1 amide bonds. The number of carbonyl (C=O) groups is 1. The van der Waals surface area contributed by atoms with E-state index in [1.807, 2.05) is 0 Å². The summed E-state index contributed by atoms with van der Waals surface area (Å²) in [6, 6.07) is 11.8. The lowest BCUT2D eigenvalue weighted by Crippen LogP contribution is -2.26. The van der Waals surface area contributed by atoms with Gasteiger partial charge in [-0.3, -0.25) is 9.59 Å². The van der Waals surface area contributed by atoms with Crippen LogP contribution >= 0.6 is 0 Å². The van der Waals surface area contributed by atoms with Gasteiger partial charge in [-0.15, -0.1) is 0 Å². The number of hydrogen-bond acceptors (Lipinski definition) is 3. The van der Waals surface area contributed by atoms with E-state index in [4.69, 9.17) is 0 Å². The summed E-state index contributed by atoms with van der Waals surface area (Å²) in [5.41, 5.74) is 1.46. The first kappa shape index (κ1) is 15.9. The van der Waals surface area contributed by atoms with Gasteiger partial charge in [0.2, 0.25) is 5.91 Å². The molecule has 122 valence electrons. The molecule has 1 heterocycles. The van der Waals surface area contributed by atoms with Gasteiger partial charge in [0.25, 0.3) is 5.56 Å². The predicted octanol–water partition coefficient (Wildman–Crippen LogP) is 2.23. The van der Waals surface area contributed by atoms with Crippen molar-refractivity contribution in [1.29, 1.82) is 0 Å². The molecule has 0 aliphatic heterocycles. The number of hydrogen-bond donors (Lipinski definition) is 2. The van der Waals surface area contributed by atoms with Crippen molar-refractivity contribution in [3.8, 4) is 0 Å². The molecule has 0 fully saturated rings. The standard InChI is InChI=1S/C18H16FN3O2/c1-11-6-7-12(8-15(11)19)10-20-17(23)9-16-13-4-2-3-5-14(13)18(24)22-21-16/h2-8H,9-10H2,1H3,(H,20,23)(H,22,24). The van der Waals surface area contributed by atoms with Gasteiger partial charge >= 0.3 is 0 Å². The molecule has 0 unspecified atom stereocenters. The zero-order chi connectivity index (χ0) is 17.1. The van der Waals surface area contributed by atoms with E-state index in [0.29, 0.717) is 27.6 Å². The van der Waals surface area contributed by atoms with E-state index >= 15 is 0 Å². The Bertz CT molecular complexity index is 966. The number of fused-ring (bicyclic) bond motifs is 1. The molecular weight excluding hydrogens is 309 g/mol. The average Bonchev–Trinajstić information content (AvgIpc) is 2.59. The lowest BCUT2D eigenvalue weighted by atomic mass is 10.1. The molecule has 3 aromatic rings. The fourth-order valence-electron chi connectivity index (χ4n) is 2.47. The van der Waals surface area contributed by atoms with Crippen LogP contribution < -0.4 is 10.9 Å². The highest BCUT2D eigenvalue weighted by atomic mass is 19.1. The second kappa shape index (κ2) is 6.62. The van der Waals surface area contributed by atoms with E-state index in [1.54, 1.807) is 43.3 Å². The number of nitrogens with zero attached hydrogens (tertiary/aromatic N) is 1. The summed E-state index contributed by atoms with van der Waals surface area (Å²) in [5, 5.41) is 10.3. The first-order chi connectivity index (χ1) is 11.5. The highest BCUT2D eigenvalue weighted by molar-refractivity contribution is 5.88. The van der Waals surface area contributed by atoms with Crippen LogP contribution in [0.4, 0.5) is 4.39 Å². The number of H-pyrrole nitrogens is 1. The van der Waals surface area contributed by atoms with Gasteiger partial charge in [-0.25, -0.2) is 9.49 Å². The van der Waals surface area contributed by atoms with Crippen LogP contribution in [0.3, 0.4) is 0 Å². The van der Waals surface area contributed by atoms with Gasteiger partial charge in [0.1, 0.15) is 5.82 Å². The normalized spacial score (nSPS) is 10.8. The smallest absolute Gasteiger partial charge is 0.272 e. The Balaban J connectivity index is 1.72. The Kier molecular flexibility index (Phi) is 4.37. The maximum absolute atomic E-state index is 13.5. The van der Waals surface area contributed by atoms with Gasteiger partial charge in [-0.1, -0.05) is 30.3 Å². The third-order valence-electron chi connectivity index (χ3n) is 3.83. The summed E-state index contributed by atoms with van der Waals surface area (Å²) < 4.78 is 13.5. The van der Waals surface area contributed by atoms with E-state index in [9.17, 15) is 14.0 Å². The molecule has 3 rings (SSSR count). The Morgan fingerprint density at radius 1 is 1.21 bits per heavy atom. The molecule has 1 aromatic heterocycles. The average molecular weight is 325 g/mol. The number of aromatic amines is 1. The van der Waals surface area contributed by atoms with Crippen LogP contribution in [0.15, 0.2) is 47.3 Å². The highest BCUT2D eigenvalue weighted by Crippen LogP contribution is 2.13. The van der Waals surface area contributed by atoms with Crippen molar-refractivity contribution in [3.05, 3.63) is 75.5 Å². The van der Waals surface area contributed by atoms with E-state index in [0.717, 1.165) is 0 Å². The maximum Gasteiger partial charge on any atom is 0.272 e. The molecule has 2 aromatic carbocycles. The summed E-state index contributed by atoms with van der Waals surface area (Å²) in [4.78, 5) is 23.9. The number of halogens is 1. The van der Waals surface area contributed by atoms with Gasteiger partial charge < -0.3 is 5.32 Å². The van der Waals surface area contributed by atoms with Crippen LogP contribution in [0.2, 0.25) is 0 Å². The highest BCUT2D eigenvalue weighted by Gasteiger charge is 2.10. The number of aryl methyl sites for hydroxylation is 1. The zero-order valence-electron chi connectivity index (χ0n) is 13.1. The van der Waals surface area contributed by atoms with Crippen LogP contribution in [0.25, 0.3) is 10.8 Å². The minimum absolute atomic E-state index is 0.0334. The van der Waals surface area contributed by atoms with Crippen molar-refractivity contribution in [3.63, 3.8) is 0 Å². The van der Waals surface area contributed by atoms with Crippen molar-refractivity contribution in [1.82, 2.24) is 15.5 Å². The molecule has 0 spiro atoms. The fourth-order valence-corrected chi connectivity index (χ4v) is 2.47.